The highest BCUT2D eigenvalue weighted by atomic mass is 35.5. The van der Waals surface area contributed by atoms with Crippen molar-refractivity contribution in [1.29, 1.82) is 0 Å². The van der Waals surface area contributed by atoms with Gasteiger partial charge in [0, 0.05) is 12.7 Å². The smallest absolute Gasteiger partial charge is 0.326 e. The highest BCUT2D eigenvalue weighted by Gasteiger charge is 2.25. The van der Waals surface area contributed by atoms with Gasteiger partial charge in [0.15, 0.2) is 0 Å². The van der Waals surface area contributed by atoms with Crippen LogP contribution >= 0.6 is 11.6 Å². The van der Waals surface area contributed by atoms with E-state index in [1.807, 2.05) is 6.92 Å². The maximum absolute atomic E-state index is 12.1. The van der Waals surface area contributed by atoms with Gasteiger partial charge in [-0.25, -0.2) is 4.79 Å². The van der Waals surface area contributed by atoms with Gasteiger partial charge in [-0.3, -0.25) is 4.79 Å². The van der Waals surface area contributed by atoms with Crippen LogP contribution in [0.2, 0.25) is 5.02 Å². The number of aromatic nitrogens is 1. The van der Waals surface area contributed by atoms with Crippen LogP contribution in [0.15, 0.2) is 12.3 Å². The summed E-state index contributed by atoms with van der Waals surface area (Å²) in [4.78, 5) is 23.2. The largest absolute Gasteiger partial charge is 0.480 e. The van der Waals surface area contributed by atoms with Crippen LogP contribution in [-0.4, -0.2) is 27.6 Å². The second kappa shape index (κ2) is 6.61. The molecule has 0 radical (unpaired) electrons. The Hall–Kier alpha value is -1.49. The molecular formula is C13H19ClN2O3. The molecule has 0 unspecified atom stereocenters. The summed E-state index contributed by atoms with van der Waals surface area (Å²) in [6.45, 7) is 6.15. The van der Waals surface area contributed by atoms with E-state index in [0.29, 0.717) is 17.3 Å². The quantitative estimate of drug-likeness (QED) is 0.843. The topological polar surface area (TPSA) is 71.3 Å². The van der Waals surface area contributed by atoms with E-state index in [4.69, 9.17) is 16.7 Å². The minimum atomic E-state index is -1.04. The van der Waals surface area contributed by atoms with E-state index >= 15 is 0 Å². The monoisotopic (exact) mass is 286 g/mol. The zero-order valence-electron chi connectivity index (χ0n) is 11.3. The van der Waals surface area contributed by atoms with E-state index in [1.54, 1.807) is 30.7 Å². The highest BCUT2D eigenvalue weighted by Crippen LogP contribution is 2.15. The molecule has 19 heavy (non-hydrogen) atoms. The fraction of sp³-hybridized carbons (Fsp3) is 0.538. The second-order valence-corrected chi connectivity index (χ2v) is 5.21. The summed E-state index contributed by atoms with van der Waals surface area (Å²) in [7, 11) is 0. The molecule has 5 nitrogen and oxygen atoms in total. The van der Waals surface area contributed by atoms with E-state index in [9.17, 15) is 9.59 Å². The Morgan fingerprint density at radius 3 is 2.58 bits per heavy atom. The lowest BCUT2D eigenvalue weighted by Gasteiger charge is -2.18. The predicted octanol–water partition coefficient (Wildman–Crippen LogP) is 2.39. The van der Waals surface area contributed by atoms with E-state index < -0.39 is 17.9 Å². The lowest BCUT2D eigenvalue weighted by Crippen LogP contribution is -2.44. The summed E-state index contributed by atoms with van der Waals surface area (Å²) in [5.74, 6) is -1.64. The van der Waals surface area contributed by atoms with Gasteiger partial charge in [-0.2, -0.15) is 0 Å². The molecule has 1 heterocycles. The minimum Gasteiger partial charge on any atom is -0.480 e. The first kappa shape index (κ1) is 15.6. The summed E-state index contributed by atoms with van der Waals surface area (Å²) in [5, 5.41) is 12.1. The molecule has 1 rings (SSSR count). The number of aliphatic carboxylic acids is 1. The maximum atomic E-state index is 12.1. The van der Waals surface area contributed by atoms with Crippen molar-refractivity contribution in [3.05, 3.63) is 23.0 Å². The number of carbonyl (C=O) groups excluding carboxylic acids is 1. The molecule has 0 aromatic carbocycles. The zero-order chi connectivity index (χ0) is 14.6. The summed E-state index contributed by atoms with van der Waals surface area (Å²) >= 11 is 5.89. The van der Waals surface area contributed by atoms with Crippen molar-refractivity contribution in [2.24, 2.45) is 5.92 Å². The number of aryl methyl sites for hydroxylation is 1. The van der Waals surface area contributed by atoms with Crippen LogP contribution in [0.1, 0.15) is 37.7 Å². The first-order chi connectivity index (χ1) is 8.86. The van der Waals surface area contributed by atoms with Gasteiger partial charge in [-0.1, -0.05) is 32.4 Å². The maximum Gasteiger partial charge on any atom is 0.326 e. The molecule has 0 bridgehead atoms. The van der Waals surface area contributed by atoms with Gasteiger partial charge < -0.3 is 15.0 Å². The SMILES string of the molecule is CCCn1cc(Cl)cc1C(=O)N[C@H](C(=O)O)C(C)C. The Bertz CT molecular complexity index is 468. The number of hydrogen-bond acceptors (Lipinski definition) is 2. The van der Waals surface area contributed by atoms with Crippen molar-refractivity contribution in [2.75, 3.05) is 0 Å². The Balaban J connectivity index is 2.91. The first-order valence-electron chi connectivity index (χ1n) is 6.26. The van der Waals surface area contributed by atoms with Gasteiger partial charge in [-0.15, -0.1) is 0 Å². The zero-order valence-corrected chi connectivity index (χ0v) is 12.1. The third-order valence-electron chi connectivity index (χ3n) is 2.78. The van der Waals surface area contributed by atoms with Gasteiger partial charge >= 0.3 is 5.97 Å². The number of hydrogen-bond donors (Lipinski definition) is 2. The molecule has 0 spiro atoms. The molecule has 2 N–H and O–H groups in total. The van der Waals surface area contributed by atoms with Crippen molar-refractivity contribution in [1.82, 2.24) is 9.88 Å². The van der Waals surface area contributed by atoms with Crippen molar-refractivity contribution in [2.45, 2.75) is 39.8 Å². The Morgan fingerprint density at radius 2 is 2.11 bits per heavy atom. The van der Waals surface area contributed by atoms with Gasteiger partial charge in [0.05, 0.1) is 5.02 Å². The molecule has 0 aliphatic carbocycles. The van der Waals surface area contributed by atoms with Crippen molar-refractivity contribution in [3.63, 3.8) is 0 Å². The number of nitrogens with one attached hydrogen (secondary N) is 1. The first-order valence-corrected chi connectivity index (χ1v) is 6.64. The van der Waals surface area contributed by atoms with Gasteiger partial charge in [-0.05, 0) is 18.4 Å². The number of carboxylic acid groups (broad SMARTS) is 1. The van der Waals surface area contributed by atoms with Gasteiger partial charge in [0.1, 0.15) is 11.7 Å². The third kappa shape index (κ3) is 3.99. The molecule has 1 aromatic rings. The standard InChI is InChI=1S/C13H19ClN2O3/c1-4-5-16-7-9(14)6-10(16)12(17)15-11(8(2)3)13(18)19/h6-8,11H,4-5H2,1-3H3,(H,15,17)(H,18,19)/t11-/m0/s1. The predicted molar refractivity (Wildman–Crippen MR) is 73.5 cm³/mol. The van der Waals surface area contributed by atoms with E-state index in [0.717, 1.165) is 6.42 Å². The van der Waals surface area contributed by atoms with Crippen molar-refractivity contribution < 1.29 is 14.7 Å². The molecule has 106 valence electrons. The molecule has 1 amide bonds. The molecule has 1 atom stereocenters. The molecule has 1 aromatic heterocycles. The number of nitrogens with zero attached hydrogens (tertiary/aromatic N) is 1. The van der Waals surface area contributed by atoms with Crippen LogP contribution in [0.5, 0.6) is 0 Å². The van der Waals surface area contributed by atoms with Crippen LogP contribution < -0.4 is 5.32 Å². The van der Waals surface area contributed by atoms with E-state index in [-0.39, 0.29) is 5.92 Å². The van der Waals surface area contributed by atoms with Gasteiger partial charge in [0.2, 0.25) is 0 Å². The fourth-order valence-electron chi connectivity index (χ4n) is 1.82. The number of rotatable bonds is 6. The lowest BCUT2D eigenvalue weighted by molar-refractivity contribution is -0.140. The fourth-order valence-corrected chi connectivity index (χ4v) is 2.04. The lowest BCUT2D eigenvalue weighted by atomic mass is 10.0. The normalized spacial score (nSPS) is 12.5. The van der Waals surface area contributed by atoms with Crippen LogP contribution in [0, 0.1) is 5.92 Å². The molecule has 0 saturated heterocycles. The summed E-state index contributed by atoms with van der Waals surface area (Å²) in [6.07, 6.45) is 2.53. The molecule has 0 aliphatic rings. The summed E-state index contributed by atoms with van der Waals surface area (Å²) in [6, 6.07) is 0.641. The number of carboxylic acids is 1. The Morgan fingerprint density at radius 1 is 1.47 bits per heavy atom. The molecule has 6 heteroatoms. The van der Waals surface area contributed by atoms with Gasteiger partial charge in [0.25, 0.3) is 5.91 Å². The van der Waals surface area contributed by atoms with Crippen molar-refractivity contribution in [3.8, 4) is 0 Å². The van der Waals surface area contributed by atoms with E-state index in [1.165, 1.54) is 0 Å². The van der Waals surface area contributed by atoms with Crippen LogP contribution in [-0.2, 0) is 11.3 Å². The Kier molecular flexibility index (Phi) is 5.42. The molecular weight excluding hydrogens is 268 g/mol. The summed E-state index contributed by atoms with van der Waals surface area (Å²) < 4.78 is 1.73. The minimum absolute atomic E-state index is 0.188. The average Bonchev–Trinajstić information content (AvgIpc) is 2.66. The molecule has 0 aliphatic heterocycles. The second-order valence-electron chi connectivity index (χ2n) is 4.77. The van der Waals surface area contributed by atoms with Crippen LogP contribution in [0.3, 0.4) is 0 Å². The average molecular weight is 287 g/mol. The highest BCUT2D eigenvalue weighted by molar-refractivity contribution is 6.31. The number of carbonyl (C=O) groups is 2. The van der Waals surface area contributed by atoms with E-state index in [2.05, 4.69) is 5.32 Å². The van der Waals surface area contributed by atoms with Crippen molar-refractivity contribution >= 4 is 23.5 Å². The third-order valence-corrected chi connectivity index (χ3v) is 2.99. The number of amides is 1. The van der Waals surface area contributed by atoms with Crippen LogP contribution in [0.25, 0.3) is 0 Å². The Labute approximate surface area is 117 Å². The van der Waals surface area contributed by atoms with Crippen LogP contribution in [0.4, 0.5) is 0 Å². The summed E-state index contributed by atoms with van der Waals surface area (Å²) in [5.41, 5.74) is 0.388. The molecule has 0 fully saturated rings. The molecule has 0 saturated carbocycles. The number of halogens is 1.